The fourth-order valence-electron chi connectivity index (χ4n) is 5.58. The molecular formula is C28H24FN3O3S2. The number of aromatic nitrogens is 3. The van der Waals surface area contributed by atoms with E-state index in [0.29, 0.717) is 30.0 Å². The molecule has 0 unspecified atom stereocenters. The van der Waals surface area contributed by atoms with Gasteiger partial charge in [-0.15, -0.1) is 11.3 Å². The summed E-state index contributed by atoms with van der Waals surface area (Å²) < 4.78 is 42.6. The molecule has 6 rings (SSSR count). The monoisotopic (exact) mass is 533 g/mol. The van der Waals surface area contributed by atoms with E-state index < -0.39 is 20.5 Å². The van der Waals surface area contributed by atoms with Crippen molar-refractivity contribution in [2.24, 2.45) is 5.41 Å². The number of thiazole rings is 1. The van der Waals surface area contributed by atoms with Crippen LogP contribution < -0.4 is 0 Å². The van der Waals surface area contributed by atoms with Gasteiger partial charge in [0.15, 0.2) is 14.8 Å². The second-order valence-corrected chi connectivity index (χ2v) is 12.9. The molecule has 6 nitrogen and oxygen atoms in total. The van der Waals surface area contributed by atoms with Gasteiger partial charge in [-0.1, -0.05) is 23.3 Å². The lowest BCUT2D eigenvalue weighted by molar-refractivity contribution is 0.0802. The second-order valence-electron chi connectivity index (χ2n) is 9.76. The van der Waals surface area contributed by atoms with Gasteiger partial charge in [0.05, 0.1) is 33.1 Å². The normalized spacial score (nSPS) is 21.1. The first kappa shape index (κ1) is 23.9. The van der Waals surface area contributed by atoms with Gasteiger partial charge >= 0.3 is 0 Å². The second kappa shape index (κ2) is 8.85. The number of halogens is 1. The van der Waals surface area contributed by atoms with Crippen LogP contribution in [0, 0.1) is 18.2 Å². The van der Waals surface area contributed by atoms with Crippen molar-refractivity contribution in [3.8, 4) is 5.69 Å². The first-order valence-electron chi connectivity index (χ1n) is 12.1. The summed E-state index contributed by atoms with van der Waals surface area (Å²) in [6.45, 7) is 1.92. The Bertz CT molecular complexity index is 1620. The minimum atomic E-state index is -3.64. The predicted molar refractivity (Wildman–Crippen MR) is 140 cm³/mol. The zero-order valence-electron chi connectivity index (χ0n) is 20.1. The van der Waals surface area contributed by atoms with E-state index in [0.717, 1.165) is 22.4 Å². The molecule has 9 heteroatoms. The molecule has 0 spiro atoms. The first-order valence-corrected chi connectivity index (χ1v) is 14.5. The molecule has 0 aliphatic heterocycles. The molecule has 0 N–H and O–H groups in total. The number of ketones is 1. The maximum Gasteiger partial charge on any atom is 0.201 e. The van der Waals surface area contributed by atoms with Crippen LogP contribution in [0.5, 0.6) is 0 Å². The van der Waals surface area contributed by atoms with Crippen molar-refractivity contribution in [1.29, 1.82) is 0 Å². The molecule has 2 aromatic heterocycles. The minimum Gasteiger partial charge on any atom is -0.290 e. The van der Waals surface area contributed by atoms with Gasteiger partial charge in [0, 0.05) is 11.6 Å². The number of allylic oxidation sites excluding steroid dienone is 1. The number of carbonyl (C=O) groups excluding carboxylic acids is 1. The number of aryl methyl sites for hydroxylation is 1. The molecule has 2 aliphatic carbocycles. The summed E-state index contributed by atoms with van der Waals surface area (Å²) in [5, 5.41) is 5.99. The number of fused-ring (bicyclic) bond motifs is 2. The molecule has 2 heterocycles. The Hall–Kier alpha value is -3.43. The Kier molecular flexibility index (Phi) is 5.72. The van der Waals surface area contributed by atoms with Crippen LogP contribution >= 0.6 is 11.3 Å². The predicted octanol–water partition coefficient (Wildman–Crippen LogP) is 5.61. The van der Waals surface area contributed by atoms with Gasteiger partial charge in [-0.05, 0) is 80.6 Å². The summed E-state index contributed by atoms with van der Waals surface area (Å²) in [5.74, 6) is -0.470. The van der Waals surface area contributed by atoms with Gasteiger partial charge in [-0.25, -0.2) is 22.5 Å². The highest BCUT2D eigenvalue weighted by atomic mass is 32.2. The zero-order chi connectivity index (χ0) is 25.8. The quantitative estimate of drug-likeness (QED) is 0.312. The summed E-state index contributed by atoms with van der Waals surface area (Å²) in [6, 6.07) is 13.0. The molecule has 0 bridgehead atoms. The van der Waals surface area contributed by atoms with Crippen LogP contribution in [-0.4, -0.2) is 34.2 Å². The third kappa shape index (κ3) is 3.97. The van der Waals surface area contributed by atoms with E-state index in [-0.39, 0.29) is 22.9 Å². The lowest BCUT2D eigenvalue weighted by Crippen LogP contribution is -2.45. The smallest absolute Gasteiger partial charge is 0.201 e. The molecule has 0 radical (unpaired) electrons. The van der Waals surface area contributed by atoms with Crippen LogP contribution in [-0.2, 0) is 16.3 Å². The van der Waals surface area contributed by atoms with Crippen LogP contribution in [0.3, 0.4) is 0 Å². The van der Waals surface area contributed by atoms with E-state index in [4.69, 9.17) is 0 Å². The molecule has 2 atom stereocenters. The van der Waals surface area contributed by atoms with Gasteiger partial charge < -0.3 is 0 Å². The maximum absolute atomic E-state index is 14.0. The first-order chi connectivity index (χ1) is 17.8. The van der Waals surface area contributed by atoms with Crippen molar-refractivity contribution in [1.82, 2.24) is 14.8 Å². The van der Waals surface area contributed by atoms with Gasteiger partial charge in [0.2, 0.25) is 5.78 Å². The third-order valence-corrected chi connectivity index (χ3v) is 10.5. The van der Waals surface area contributed by atoms with Crippen LogP contribution in [0.1, 0.15) is 45.9 Å². The molecule has 2 aromatic carbocycles. The van der Waals surface area contributed by atoms with Gasteiger partial charge in [-0.3, -0.25) is 4.79 Å². The summed E-state index contributed by atoms with van der Waals surface area (Å²) in [7, 11) is -3.64. The number of benzene rings is 2. The lowest BCUT2D eigenvalue weighted by Gasteiger charge is -2.43. The third-order valence-electron chi connectivity index (χ3n) is 7.54. The maximum atomic E-state index is 14.0. The van der Waals surface area contributed by atoms with Crippen molar-refractivity contribution in [3.05, 3.63) is 99.5 Å². The Morgan fingerprint density at radius 3 is 2.59 bits per heavy atom. The summed E-state index contributed by atoms with van der Waals surface area (Å²) in [4.78, 5) is 18.6. The van der Waals surface area contributed by atoms with Crippen LogP contribution in [0.2, 0.25) is 0 Å². The number of carbonyl (C=O) groups is 1. The number of sulfone groups is 1. The molecule has 0 saturated heterocycles. The van der Waals surface area contributed by atoms with E-state index in [1.165, 1.54) is 23.5 Å². The van der Waals surface area contributed by atoms with E-state index in [1.54, 1.807) is 58.9 Å². The highest BCUT2D eigenvalue weighted by Crippen LogP contribution is 2.52. The largest absolute Gasteiger partial charge is 0.290 e. The standard InChI is InChI=1S/C28H24FN3O3S2/c1-18-2-9-23(10-3-18)37(34,35)24-11-4-20-14-25-19(17-31-32(25)22-7-5-21(29)6-8-22)15-28(20,16-24)26(33)27-30-12-13-36-27/h2-3,5-10,12-14,17,24H,4,11,15-16H2,1H3/t24-,28+/m1/s1. The highest BCUT2D eigenvalue weighted by molar-refractivity contribution is 7.92. The summed E-state index contributed by atoms with van der Waals surface area (Å²) >= 11 is 1.27. The molecule has 37 heavy (non-hydrogen) atoms. The lowest BCUT2D eigenvalue weighted by atomic mass is 9.62. The summed E-state index contributed by atoms with van der Waals surface area (Å²) in [6.07, 6.45) is 6.73. The van der Waals surface area contributed by atoms with Crippen molar-refractivity contribution in [2.75, 3.05) is 0 Å². The molecular weight excluding hydrogens is 509 g/mol. The van der Waals surface area contributed by atoms with E-state index in [1.807, 2.05) is 13.0 Å². The molecule has 1 fully saturated rings. The average Bonchev–Trinajstić information content (AvgIpc) is 3.57. The topological polar surface area (TPSA) is 81.9 Å². The Balaban J connectivity index is 1.44. The SMILES string of the molecule is Cc1ccc(S(=O)(=O)[C@@H]2CCC3=Cc4c(cnn4-c4ccc(F)cc4)C[C@]3(C(=O)c3nccs3)C2)cc1. The number of Topliss-reactive ketones (excluding diaryl/α,β-unsaturated/α-hetero) is 1. The van der Waals surface area contributed by atoms with Gasteiger partial charge in [-0.2, -0.15) is 5.10 Å². The zero-order valence-corrected chi connectivity index (χ0v) is 21.7. The average molecular weight is 534 g/mol. The Morgan fingerprint density at radius 1 is 1.14 bits per heavy atom. The molecule has 2 aliphatic rings. The number of hydrogen-bond donors (Lipinski definition) is 0. The Morgan fingerprint density at radius 2 is 1.89 bits per heavy atom. The van der Waals surface area contributed by atoms with Crippen molar-refractivity contribution >= 4 is 33.0 Å². The van der Waals surface area contributed by atoms with E-state index in [2.05, 4.69) is 10.1 Å². The number of hydrogen-bond acceptors (Lipinski definition) is 6. The van der Waals surface area contributed by atoms with E-state index in [9.17, 15) is 17.6 Å². The van der Waals surface area contributed by atoms with Crippen molar-refractivity contribution in [3.63, 3.8) is 0 Å². The fourth-order valence-corrected chi connectivity index (χ4v) is 8.09. The van der Waals surface area contributed by atoms with Crippen LogP contribution in [0.15, 0.2) is 76.8 Å². The molecule has 188 valence electrons. The van der Waals surface area contributed by atoms with Crippen molar-refractivity contribution < 1.29 is 17.6 Å². The molecule has 1 saturated carbocycles. The van der Waals surface area contributed by atoms with Crippen LogP contribution in [0.4, 0.5) is 4.39 Å². The van der Waals surface area contributed by atoms with E-state index >= 15 is 0 Å². The molecule has 4 aromatic rings. The van der Waals surface area contributed by atoms with Crippen molar-refractivity contribution in [2.45, 2.75) is 42.8 Å². The number of rotatable bonds is 5. The summed E-state index contributed by atoms with van der Waals surface area (Å²) in [5.41, 5.74) is 3.28. The minimum absolute atomic E-state index is 0.141. The molecule has 0 amide bonds. The number of nitrogens with zero attached hydrogens (tertiary/aromatic N) is 3. The van der Waals surface area contributed by atoms with Gasteiger partial charge in [0.1, 0.15) is 5.82 Å². The Labute approximate surface area is 218 Å². The van der Waals surface area contributed by atoms with Gasteiger partial charge in [0.25, 0.3) is 0 Å². The fraction of sp³-hybridized carbons (Fsp3) is 0.250. The van der Waals surface area contributed by atoms with Crippen LogP contribution in [0.25, 0.3) is 11.8 Å². The highest BCUT2D eigenvalue weighted by Gasteiger charge is 2.52.